The monoisotopic (exact) mass is 1070 g/mol. The maximum atomic E-state index is 12.3. The van der Waals surface area contributed by atoms with Gasteiger partial charge in [0.2, 0.25) is 0 Å². The molecule has 1 atom stereocenters. The van der Waals surface area contributed by atoms with E-state index in [4.69, 9.17) is 9.47 Å². The number of ether oxygens (including phenoxy) is 2. The van der Waals surface area contributed by atoms with Crippen molar-refractivity contribution in [2.45, 2.75) is 277 Å². The molecule has 0 saturated carbocycles. The minimum absolute atomic E-state index is 0.0763. The Morgan fingerprint density at radius 2 is 0.513 bits per heavy atom. The maximum absolute atomic E-state index is 12.3. The number of carbonyl (C=O) groups is 2. The van der Waals surface area contributed by atoms with Crippen molar-refractivity contribution in [1.82, 2.24) is 0 Å². The first kappa shape index (κ1) is 73.5. The van der Waals surface area contributed by atoms with Crippen LogP contribution in [-0.4, -0.2) is 36.4 Å². The molecule has 0 aliphatic rings. The minimum atomic E-state index is -0.788. The number of aliphatic hydroxyl groups is 1. The Kier molecular flexibility index (Phi) is 63.0. The SMILES string of the molecule is CC/C=C\C/C=C\C/C=C\C/C=C\C/C=C\C/C=C\C/C=C\C/C=C\C/C=C\CCCCCCCCCCCC(=O)OC(CO)COC(=O)CCCCCCCCCCCCCCCC/C=C\C/C=C\C/C=C\C/C=C\CC. The molecule has 0 aromatic carbocycles. The van der Waals surface area contributed by atoms with Crippen molar-refractivity contribution in [2.75, 3.05) is 13.2 Å². The van der Waals surface area contributed by atoms with Crippen LogP contribution in [0.15, 0.2) is 158 Å². The van der Waals surface area contributed by atoms with Crippen LogP contribution in [0.25, 0.3) is 0 Å². The molecule has 0 fully saturated rings. The summed E-state index contributed by atoms with van der Waals surface area (Å²) in [5.74, 6) is -0.602. The molecule has 440 valence electrons. The van der Waals surface area contributed by atoms with Gasteiger partial charge >= 0.3 is 11.9 Å². The van der Waals surface area contributed by atoms with Gasteiger partial charge in [0.15, 0.2) is 6.10 Å². The predicted molar refractivity (Wildman–Crippen MR) is 343 cm³/mol. The summed E-state index contributed by atoms with van der Waals surface area (Å²) in [5, 5.41) is 9.69. The van der Waals surface area contributed by atoms with E-state index >= 15 is 0 Å². The Bertz CT molecular complexity index is 1690. The highest BCUT2D eigenvalue weighted by Gasteiger charge is 2.16. The van der Waals surface area contributed by atoms with Crippen LogP contribution >= 0.6 is 0 Å². The highest BCUT2D eigenvalue weighted by atomic mass is 16.6. The molecular formula is C73H118O5. The lowest BCUT2D eigenvalue weighted by molar-refractivity contribution is -0.161. The smallest absolute Gasteiger partial charge is 0.306 e. The highest BCUT2D eigenvalue weighted by Crippen LogP contribution is 2.16. The summed E-state index contributed by atoms with van der Waals surface area (Å²) in [7, 11) is 0. The molecule has 0 aromatic rings. The lowest BCUT2D eigenvalue weighted by Gasteiger charge is -2.15. The first-order valence-electron chi connectivity index (χ1n) is 32.0. The van der Waals surface area contributed by atoms with Gasteiger partial charge in [0.25, 0.3) is 0 Å². The van der Waals surface area contributed by atoms with E-state index in [1.54, 1.807) is 0 Å². The number of carbonyl (C=O) groups excluding carboxylic acids is 2. The molecule has 0 bridgehead atoms. The third-order valence-electron chi connectivity index (χ3n) is 13.3. The van der Waals surface area contributed by atoms with Gasteiger partial charge in [0.05, 0.1) is 6.61 Å². The summed E-state index contributed by atoms with van der Waals surface area (Å²) in [6.45, 7) is 3.92. The van der Waals surface area contributed by atoms with Crippen molar-refractivity contribution in [3.63, 3.8) is 0 Å². The van der Waals surface area contributed by atoms with E-state index < -0.39 is 6.10 Å². The van der Waals surface area contributed by atoms with E-state index in [0.717, 1.165) is 128 Å². The number of allylic oxidation sites excluding steroid dienone is 26. The van der Waals surface area contributed by atoms with Gasteiger partial charge in [-0.2, -0.15) is 0 Å². The lowest BCUT2D eigenvalue weighted by Crippen LogP contribution is -2.28. The summed E-state index contributed by atoms with van der Waals surface area (Å²) < 4.78 is 10.7. The zero-order valence-corrected chi connectivity index (χ0v) is 50.4. The maximum Gasteiger partial charge on any atom is 0.306 e. The van der Waals surface area contributed by atoms with Crippen molar-refractivity contribution < 1.29 is 24.2 Å². The molecule has 1 N–H and O–H groups in total. The summed E-state index contributed by atoms with van der Waals surface area (Å²) in [4.78, 5) is 24.6. The Hall–Kier alpha value is -4.48. The van der Waals surface area contributed by atoms with Crippen LogP contribution in [0.5, 0.6) is 0 Å². The summed E-state index contributed by atoms with van der Waals surface area (Å²) in [5.41, 5.74) is 0. The van der Waals surface area contributed by atoms with Gasteiger partial charge in [-0.1, -0.05) is 294 Å². The van der Waals surface area contributed by atoms with Gasteiger partial charge in [0.1, 0.15) is 6.61 Å². The molecule has 0 radical (unpaired) electrons. The molecule has 0 spiro atoms. The van der Waals surface area contributed by atoms with Crippen LogP contribution in [0.3, 0.4) is 0 Å². The van der Waals surface area contributed by atoms with Crippen LogP contribution in [-0.2, 0) is 19.1 Å². The highest BCUT2D eigenvalue weighted by molar-refractivity contribution is 5.70. The summed E-state index contributed by atoms with van der Waals surface area (Å²) >= 11 is 0. The molecule has 0 rings (SSSR count). The van der Waals surface area contributed by atoms with Crippen LogP contribution in [0.1, 0.15) is 271 Å². The fourth-order valence-corrected chi connectivity index (χ4v) is 8.60. The van der Waals surface area contributed by atoms with Gasteiger partial charge in [-0.05, 0) is 122 Å². The Balaban J connectivity index is 3.56. The number of esters is 2. The van der Waals surface area contributed by atoms with E-state index in [-0.39, 0.29) is 25.2 Å². The van der Waals surface area contributed by atoms with Gasteiger partial charge in [-0.3, -0.25) is 9.59 Å². The quantitative estimate of drug-likeness (QED) is 0.0373. The lowest BCUT2D eigenvalue weighted by atomic mass is 10.0. The molecule has 5 heteroatoms. The topological polar surface area (TPSA) is 72.8 Å². The normalized spacial score (nSPS) is 13.3. The number of hydrogen-bond acceptors (Lipinski definition) is 5. The number of hydrogen-bond donors (Lipinski definition) is 1. The van der Waals surface area contributed by atoms with Gasteiger partial charge in [0, 0.05) is 12.8 Å². The summed E-state index contributed by atoms with van der Waals surface area (Å²) in [6, 6.07) is 0. The zero-order chi connectivity index (χ0) is 56.2. The zero-order valence-electron chi connectivity index (χ0n) is 50.4. The first-order chi connectivity index (χ1) is 38.6. The van der Waals surface area contributed by atoms with Crippen molar-refractivity contribution in [3.05, 3.63) is 158 Å². The molecule has 1 unspecified atom stereocenters. The van der Waals surface area contributed by atoms with Crippen molar-refractivity contribution in [3.8, 4) is 0 Å². The molecule has 0 aliphatic heterocycles. The van der Waals surface area contributed by atoms with Crippen LogP contribution in [0, 0.1) is 0 Å². The second kappa shape index (κ2) is 66.8. The fourth-order valence-electron chi connectivity index (χ4n) is 8.60. The van der Waals surface area contributed by atoms with E-state index in [9.17, 15) is 14.7 Å². The third kappa shape index (κ3) is 64.0. The van der Waals surface area contributed by atoms with E-state index in [0.29, 0.717) is 12.8 Å². The average Bonchev–Trinajstić information content (AvgIpc) is 3.44. The Morgan fingerprint density at radius 3 is 0.769 bits per heavy atom. The number of unbranched alkanes of at least 4 members (excludes halogenated alkanes) is 23. The standard InChI is InChI=1S/C73H118O5/c1-3-5-7-9-11-13-15-17-19-21-23-25-27-29-31-32-33-34-35-36-37-38-39-40-42-44-46-48-50-52-54-56-58-60-62-64-66-68-73(76)78-71(69-74)70-77-72(75)67-65-63-61-59-57-55-53-51-49-47-45-43-41-30-28-26-24-22-20-18-16-14-12-10-8-6-4-2/h5-8,11-14,17-20,23-26,29,31,33-34,36-37,39-40,44,46,71,74H,3-4,9-10,15-16,21-22,27-28,30,32,35,38,41-43,45,47-70H2,1-2H3/b7-5-,8-6-,13-11-,14-12-,19-17-,20-18-,25-23-,26-24-,31-29-,34-33-,37-36-,40-39-,46-44-. The van der Waals surface area contributed by atoms with Crippen molar-refractivity contribution in [2.24, 2.45) is 0 Å². The van der Waals surface area contributed by atoms with Gasteiger partial charge in [-0.25, -0.2) is 0 Å². The Labute approximate surface area is 481 Å². The average molecular weight is 1080 g/mol. The second-order valence-corrected chi connectivity index (χ2v) is 20.7. The van der Waals surface area contributed by atoms with E-state index in [1.807, 2.05) is 0 Å². The summed E-state index contributed by atoms with van der Waals surface area (Å²) in [6.07, 6.45) is 102. The molecule has 0 heterocycles. The van der Waals surface area contributed by atoms with Crippen LogP contribution in [0.2, 0.25) is 0 Å². The molecule has 78 heavy (non-hydrogen) atoms. The predicted octanol–water partition coefficient (Wildman–Crippen LogP) is 22.3. The Morgan fingerprint density at radius 1 is 0.295 bits per heavy atom. The number of rotatable bonds is 57. The second-order valence-electron chi connectivity index (χ2n) is 20.7. The van der Waals surface area contributed by atoms with Crippen LogP contribution < -0.4 is 0 Å². The molecule has 5 nitrogen and oxygen atoms in total. The third-order valence-corrected chi connectivity index (χ3v) is 13.3. The molecule has 0 aliphatic carbocycles. The van der Waals surface area contributed by atoms with Crippen molar-refractivity contribution >= 4 is 11.9 Å². The van der Waals surface area contributed by atoms with Gasteiger partial charge < -0.3 is 14.6 Å². The van der Waals surface area contributed by atoms with E-state index in [1.165, 1.54) is 116 Å². The minimum Gasteiger partial charge on any atom is -0.462 e. The number of aliphatic hydroxyl groups excluding tert-OH is 1. The van der Waals surface area contributed by atoms with Crippen LogP contribution in [0.4, 0.5) is 0 Å². The van der Waals surface area contributed by atoms with Gasteiger partial charge in [-0.15, -0.1) is 0 Å². The van der Waals surface area contributed by atoms with E-state index in [2.05, 4.69) is 172 Å². The molecular weight excluding hydrogens is 957 g/mol. The largest absolute Gasteiger partial charge is 0.462 e. The fraction of sp³-hybridized carbons (Fsp3) is 0.616. The molecule has 0 aromatic heterocycles. The molecule has 0 saturated heterocycles. The van der Waals surface area contributed by atoms with Crippen molar-refractivity contribution in [1.29, 1.82) is 0 Å². The first-order valence-corrected chi connectivity index (χ1v) is 32.0. The molecule has 0 amide bonds.